The highest BCUT2D eigenvalue weighted by molar-refractivity contribution is 6.16. The van der Waals surface area contributed by atoms with Crippen molar-refractivity contribution in [3.8, 4) is 44.5 Å². The molecule has 10 aromatic carbocycles. The van der Waals surface area contributed by atoms with Gasteiger partial charge in [0, 0.05) is 33.4 Å². The van der Waals surface area contributed by atoms with Crippen molar-refractivity contribution in [1.82, 2.24) is 0 Å². The Morgan fingerprint density at radius 3 is 1.82 bits per heavy atom. The molecule has 56 heavy (non-hydrogen) atoms. The van der Waals surface area contributed by atoms with Crippen molar-refractivity contribution in [2.24, 2.45) is 0 Å². The Morgan fingerprint density at radius 2 is 0.929 bits per heavy atom. The lowest BCUT2D eigenvalue weighted by atomic mass is 9.97. The minimum atomic E-state index is 0.909. The van der Waals surface area contributed by atoms with Crippen LogP contribution in [0.3, 0.4) is 0 Å². The second-order valence-electron chi connectivity index (χ2n) is 14.9. The number of fused-ring (bicyclic) bond motifs is 9. The third-order valence-corrected chi connectivity index (χ3v) is 11.8. The van der Waals surface area contributed by atoms with E-state index in [2.05, 4.69) is 193 Å². The van der Waals surface area contributed by atoms with Gasteiger partial charge in [-0.1, -0.05) is 152 Å². The van der Waals surface area contributed by atoms with Crippen molar-refractivity contribution in [3.63, 3.8) is 0 Å². The molecule has 0 saturated heterocycles. The number of anilines is 3. The minimum absolute atomic E-state index is 0.909. The highest BCUT2D eigenvalue weighted by Crippen LogP contribution is 2.50. The van der Waals surface area contributed by atoms with Crippen LogP contribution in [0.1, 0.15) is 0 Å². The molecule has 0 radical (unpaired) electrons. The number of hydrogen-bond acceptors (Lipinski definition) is 2. The largest absolute Gasteiger partial charge is 0.455 e. The minimum Gasteiger partial charge on any atom is -0.455 e. The molecule has 12 rings (SSSR count). The van der Waals surface area contributed by atoms with Crippen molar-refractivity contribution in [2.45, 2.75) is 0 Å². The third kappa shape index (κ3) is 4.69. The molecule has 260 valence electrons. The van der Waals surface area contributed by atoms with E-state index in [1.807, 2.05) is 12.1 Å². The number of hydrogen-bond donors (Lipinski definition) is 0. The summed E-state index contributed by atoms with van der Waals surface area (Å²) in [5.41, 5.74) is 14.9. The summed E-state index contributed by atoms with van der Waals surface area (Å²) in [5, 5.41) is 9.95. The molecule has 11 aromatic rings. The van der Waals surface area contributed by atoms with Crippen LogP contribution >= 0.6 is 0 Å². The Balaban J connectivity index is 1.00. The van der Waals surface area contributed by atoms with E-state index in [1.165, 1.54) is 65.7 Å². The summed E-state index contributed by atoms with van der Waals surface area (Å²) >= 11 is 0. The van der Waals surface area contributed by atoms with Crippen LogP contribution in [-0.4, -0.2) is 0 Å². The van der Waals surface area contributed by atoms with E-state index in [9.17, 15) is 0 Å². The van der Waals surface area contributed by atoms with Crippen LogP contribution in [0.2, 0.25) is 0 Å². The Kier molecular flexibility index (Phi) is 6.66. The van der Waals surface area contributed by atoms with Crippen LogP contribution in [0.15, 0.2) is 205 Å². The summed E-state index contributed by atoms with van der Waals surface area (Å²) in [5.74, 6) is 0. The van der Waals surface area contributed by atoms with Gasteiger partial charge in [-0.3, -0.25) is 0 Å². The maximum atomic E-state index is 6.44. The predicted molar refractivity (Wildman–Crippen MR) is 236 cm³/mol. The van der Waals surface area contributed by atoms with Gasteiger partial charge < -0.3 is 9.32 Å². The highest BCUT2D eigenvalue weighted by Gasteiger charge is 2.24. The fraction of sp³-hybridized carbons (Fsp3) is 0. The van der Waals surface area contributed by atoms with Gasteiger partial charge in [0.05, 0.1) is 0 Å². The molecule has 0 spiro atoms. The quantitative estimate of drug-likeness (QED) is 0.165. The number of furan rings is 1. The number of para-hydroxylation sites is 2. The zero-order valence-electron chi connectivity index (χ0n) is 30.4. The van der Waals surface area contributed by atoms with Gasteiger partial charge in [-0.15, -0.1) is 0 Å². The second kappa shape index (κ2) is 12.0. The van der Waals surface area contributed by atoms with Gasteiger partial charge in [0.1, 0.15) is 11.2 Å². The smallest absolute Gasteiger partial charge is 0.143 e. The van der Waals surface area contributed by atoms with Crippen molar-refractivity contribution >= 4 is 71.3 Å². The van der Waals surface area contributed by atoms with Gasteiger partial charge in [0.15, 0.2) is 0 Å². The van der Waals surface area contributed by atoms with E-state index >= 15 is 0 Å². The lowest BCUT2D eigenvalue weighted by molar-refractivity contribution is 0.670. The summed E-state index contributed by atoms with van der Waals surface area (Å²) in [6, 6.07) is 72.9. The molecule has 1 aliphatic carbocycles. The van der Waals surface area contributed by atoms with E-state index in [1.54, 1.807) is 0 Å². The summed E-state index contributed by atoms with van der Waals surface area (Å²) < 4.78 is 6.44. The first-order chi connectivity index (χ1) is 27.7. The molecule has 0 unspecified atom stereocenters. The zero-order valence-corrected chi connectivity index (χ0v) is 30.4. The molecule has 0 N–H and O–H groups in total. The standard InChI is InChI=1S/C54H33NO/c1-2-14-43-34(9-1)21-22-39-31-38(25-29-44(39)43)37-12-5-13-41(32-37)55(42-28-30-46-48-17-6-10-36-11-7-18-49(53(36)48)51(46)33-42)40-26-23-35(24-27-40)45-16-8-19-50-47-15-3-4-20-52(47)56-54(45)50/h1-33H. The normalized spacial score (nSPS) is 11.9. The summed E-state index contributed by atoms with van der Waals surface area (Å²) in [6.45, 7) is 0. The monoisotopic (exact) mass is 711 g/mol. The van der Waals surface area contributed by atoms with Crippen LogP contribution in [0.4, 0.5) is 17.1 Å². The average Bonchev–Trinajstić information content (AvgIpc) is 3.81. The first-order valence-electron chi connectivity index (χ1n) is 19.2. The number of benzene rings is 10. The molecule has 0 saturated carbocycles. The number of rotatable bonds is 5. The van der Waals surface area contributed by atoms with Crippen LogP contribution in [-0.2, 0) is 0 Å². The van der Waals surface area contributed by atoms with E-state index in [0.29, 0.717) is 0 Å². The molecule has 1 heterocycles. The fourth-order valence-corrected chi connectivity index (χ4v) is 9.15. The van der Waals surface area contributed by atoms with Gasteiger partial charge >= 0.3 is 0 Å². The van der Waals surface area contributed by atoms with Gasteiger partial charge in [-0.2, -0.15) is 0 Å². The Labute approximate surface area is 324 Å². The van der Waals surface area contributed by atoms with Crippen LogP contribution in [0.5, 0.6) is 0 Å². The van der Waals surface area contributed by atoms with E-state index in [4.69, 9.17) is 4.42 Å². The summed E-state index contributed by atoms with van der Waals surface area (Å²) in [4.78, 5) is 2.40. The molecule has 0 aliphatic heterocycles. The topological polar surface area (TPSA) is 16.4 Å². The molecule has 0 amide bonds. The second-order valence-corrected chi connectivity index (χ2v) is 14.9. The first-order valence-corrected chi connectivity index (χ1v) is 19.2. The molecular formula is C54H33NO. The predicted octanol–water partition coefficient (Wildman–Crippen LogP) is 15.5. The van der Waals surface area contributed by atoms with Crippen molar-refractivity contribution < 1.29 is 4.42 Å². The molecule has 1 aromatic heterocycles. The first kappa shape index (κ1) is 31.0. The average molecular weight is 712 g/mol. The zero-order chi connectivity index (χ0) is 36.7. The van der Waals surface area contributed by atoms with Gasteiger partial charge in [-0.05, 0) is 120 Å². The highest BCUT2D eigenvalue weighted by atomic mass is 16.3. The maximum Gasteiger partial charge on any atom is 0.143 e. The fourth-order valence-electron chi connectivity index (χ4n) is 9.15. The molecule has 2 nitrogen and oxygen atoms in total. The maximum absolute atomic E-state index is 6.44. The van der Waals surface area contributed by atoms with E-state index < -0.39 is 0 Å². The van der Waals surface area contributed by atoms with E-state index in [0.717, 1.165) is 50.1 Å². The van der Waals surface area contributed by atoms with Crippen LogP contribution in [0.25, 0.3) is 98.8 Å². The van der Waals surface area contributed by atoms with Crippen molar-refractivity contribution in [2.75, 3.05) is 4.90 Å². The van der Waals surface area contributed by atoms with Gasteiger partial charge in [0.2, 0.25) is 0 Å². The Bertz CT molecular complexity index is 3360. The SMILES string of the molecule is c1cc(-c2ccc3c(ccc4ccccc43)c2)cc(N(c2ccc(-c3cccc4c3oc3ccccc34)cc2)c2ccc3c(c2)-c2cccc4cccc-3c24)c1. The van der Waals surface area contributed by atoms with Crippen LogP contribution < -0.4 is 4.90 Å². The third-order valence-electron chi connectivity index (χ3n) is 11.8. The van der Waals surface area contributed by atoms with Crippen molar-refractivity contribution in [3.05, 3.63) is 200 Å². The van der Waals surface area contributed by atoms with Crippen LogP contribution in [0, 0.1) is 0 Å². The Hall–Kier alpha value is -7.42. The lowest BCUT2D eigenvalue weighted by Crippen LogP contribution is -2.10. The molecule has 1 aliphatic rings. The molecule has 0 atom stereocenters. The molecule has 0 bridgehead atoms. The molecule has 2 heteroatoms. The van der Waals surface area contributed by atoms with Gasteiger partial charge in [0.25, 0.3) is 0 Å². The summed E-state index contributed by atoms with van der Waals surface area (Å²) in [6.07, 6.45) is 0. The Morgan fingerprint density at radius 1 is 0.304 bits per heavy atom. The summed E-state index contributed by atoms with van der Waals surface area (Å²) in [7, 11) is 0. The van der Waals surface area contributed by atoms with Crippen molar-refractivity contribution in [1.29, 1.82) is 0 Å². The van der Waals surface area contributed by atoms with Gasteiger partial charge in [-0.25, -0.2) is 0 Å². The van der Waals surface area contributed by atoms with E-state index in [-0.39, 0.29) is 0 Å². The lowest BCUT2D eigenvalue weighted by Gasteiger charge is -2.27. The number of nitrogens with zero attached hydrogens (tertiary/aromatic N) is 1. The molecule has 0 fully saturated rings. The molecular weight excluding hydrogens is 679 g/mol.